The van der Waals surface area contributed by atoms with Crippen LogP contribution in [0, 0.1) is 12.7 Å². The van der Waals surface area contributed by atoms with Crippen LogP contribution in [0.3, 0.4) is 0 Å². The van der Waals surface area contributed by atoms with Gasteiger partial charge >= 0.3 is 0 Å². The third-order valence-corrected chi connectivity index (χ3v) is 5.79. The summed E-state index contributed by atoms with van der Waals surface area (Å²) in [4.78, 5) is 36.3. The molecule has 0 unspecified atom stereocenters. The molecule has 0 saturated heterocycles. The number of H-pyrrole nitrogens is 1. The minimum Gasteiger partial charge on any atom is -0.364 e. The molecule has 0 bridgehead atoms. The average Bonchev–Trinajstić information content (AvgIpc) is 3.44. The predicted octanol–water partition coefficient (Wildman–Crippen LogP) is 1.83. The van der Waals surface area contributed by atoms with Crippen LogP contribution in [0.5, 0.6) is 0 Å². The highest BCUT2D eigenvalue weighted by Crippen LogP contribution is 2.17. The van der Waals surface area contributed by atoms with E-state index >= 15 is 0 Å². The molecule has 1 aliphatic carbocycles. The van der Waals surface area contributed by atoms with Crippen LogP contribution < -0.4 is 21.5 Å². The number of hydrogen-bond acceptors (Lipinski definition) is 6. The van der Waals surface area contributed by atoms with Crippen molar-refractivity contribution in [3.05, 3.63) is 52.1 Å². The molecule has 3 aromatic heterocycles. The summed E-state index contributed by atoms with van der Waals surface area (Å²) in [6, 6.07) is 2.20. The van der Waals surface area contributed by atoms with Gasteiger partial charge in [-0.15, -0.1) is 0 Å². The molecule has 170 valence electrons. The molecule has 1 aliphatic rings. The molecule has 0 aromatic carbocycles. The van der Waals surface area contributed by atoms with Crippen LogP contribution in [0.1, 0.15) is 36.9 Å². The van der Waals surface area contributed by atoms with E-state index in [0.717, 1.165) is 6.54 Å². The van der Waals surface area contributed by atoms with Gasteiger partial charge in [0.2, 0.25) is 5.91 Å². The minimum absolute atomic E-state index is 0.129. The van der Waals surface area contributed by atoms with E-state index in [1.54, 1.807) is 25.4 Å². The summed E-state index contributed by atoms with van der Waals surface area (Å²) in [5.74, 6) is -0.489. The van der Waals surface area contributed by atoms with Crippen molar-refractivity contribution in [2.45, 2.75) is 51.7 Å². The molecular weight excluding hydrogens is 413 g/mol. The molecule has 3 heterocycles. The Bertz CT molecular complexity index is 1150. The zero-order chi connectivity index (χ0) is 22.5. The lowest BCUT2D eigenvalue weighted by atomic mass is 10.2. The number of carbonyl (C=O) groups excluding carboxylic acids is 1. The van der Waals surface area contributed by atoms with Crippen molar-refractivity contribution in [1.82, 2.24) is 30.2 Å². The van der Waals surface area contributed by atoms with Crippen LogP contribution in [-0.4, -0.2) is 44.6 Å². The predicted molar refractivity (Wildman–Crippen MR) is 120 cm³/mol. The molecule has 9 nitrogen and oxygen atoms in total. The van der Waals surface area contributed by atoms with E-state index < -0.39 is 5.82 Å². The third-order valence-electron chi connectivity index (χ3n) is 5.79. The number of amides is 1. The summed E-state index contributed by atoms with van der Waals surface area (Å²) in [5.41, 5.74) is 1.38. The summed E-state index contributed by atoms with van der Waals surface area (Å²) < 4.78 is 15.1. The van der Waals surface area contributed by atoms with E-state index in [0.29, 0.717) is 34.9 Å². The lowest BCUT2D eigenvalue weighted by molar-refractivity contribution is -0.121. The SMILES string of the molecule is Cc1cnc(NCCNC2CCCC2)c(=O)n1CC(=O)NCc1cnc2[nH]cc(F)c2c1. The smallest absolute Gasteiger partial charge is 0.293 e. The molecule has 4 N–H and O–H groups in total. The van der Waals surface area contributed by atoms with Crippen LogP contribution >= 0.6 is 0 Å². The first-order valence-corrected chi connectivity index (χ1v) is 10.9. The summed E-state index contributed by atoms with van der Waals surface area (Å²) in [6.07, 6.45) is 9.34. The normalized spacial score (nSPS) is 14.2. The summed E-state index contributed by atoms with van der Waals surface area (Å²) in [6.45, 7) is 3.12. The van der Waals surface area contributed by atoms with Crippen LogP contribution in [0.15, 0.2) is 29.5 Å². The Morgan fingerprint density at radius 1 is 1.25 bits per heavy atom. The summed E-state index contributed by atoms with van der Waals surface area (Å²) in [5, 5.41) is 9.68. The standard InChI is InChI=1S/C22H28FN7O2/c1-14-9-27-21(25-7-6-24-16-4-2-3-5-16)22(32)30(14)13-19(31)26-10-15-8-17-18(23)12-29-20(17)28-11-15/h8-9,11-12,16,24H,2-7,10,13H2,1H3,(H,25,27)(H,26,31)(H,28,29). The fraction of sp³-hybridized carbons (Fsp3) is 0.455. The van der Waals surface area contributed by atoms with Crippen molar-refractivity contribution in [2.75, 3.05) is 18.4 Å². The van der Waals surface area contributed by atoms with Gasteiger partial charge in [0.25, 0.3) is 5.56 Å². The van der Waals surface area contributed by atoms with Crippen LogP contribution in [0.4, 0.5) is 10.2 Å². The number of nitrogens with zero attached hydrogens (tertiary/aromatic N) is 3. The van der Waals surface area contributed by atoms with Gasteiger partial charge in [0.05, 0.1) is 5.39 Å². The fourth-order valence-corrected chi connectivity index (χ4v) is 3.99. The number of aromatic amines is 1. The van der Waals surface area contributed by atoms with Gasteiger partial charge in [-0.25, -0.2) is 14.4 Å². The van der Waals surface area contributed by atoms with Gasteiger partial charge in [-0.2, -0.15) is 0 Å². The second-order valence-electron chi connectivity index (χ2n) is 8.15. The highest BCUT2D eigenvalue weighted by Gasteiger charge is 2.14. The topological polar surface area (TPSA) is 117 Å². The first-order valence-electron chi connectivity index (χ1n) is 10.9. The zero-order valence-corrected chi connectivity index (χ0v) is 18.1. The number of pyridine rings is 1. The van der Waals surface area contributed by atoms with Gasteiger partial charge in [0, 0.05) is 50.0 Å². The Morgan fingerprint density at radius 2 is 2.06 bits per heavy atom. The Hall–Kier alpha value is -3.27. The Balaban J connectivity index is 1.32. The van der Waals surface area contributed by atoms with Crippen LogP contribution in [0.2, 0.25) is 0 Å². The van der Waals surface area contributed by atoms with E-state index in [4.69, 9.17) is 0 Å². The van der Waals surface area contributed by atoms with E-state index in [2.05, 4.69) is 30.9 Å². The lowest BCUT2D eigenvalue weighted by Gasteiger charge is -2.14. The molecule has 4 rings (SSSR count). The highest BCUT2D eigenvalue weighted by atomic mass is 19.1. The van der Waals surface area contributed by atoms with Crippen molar-refractivity contribution in [1.29, 1.82) is 0 Å². The van der Waals surface area contributed by atoms with Crippen LogP contribution in [-0.2, 0) is 17.9 Å². The number of hydrogen-bond donors (Lipinski definition) is 4. The van der Waals surface area contributed by atoms with Crippen molar-refractivity contribution >= 4 is 22.8 Å². The maximum Gasteiger partial charge on any atom is 0.293 e. The quantitative estimate of drug-likeness (QED) is 0.377. The number of aromatic nitrogens is 4. The molecule has 0 aliphatic heterocycles. The van der Waals surface area contributed by atoms with Gasteiger partial charge in [-0.3, -0.25) is 14.2 Å². The van der Waals surface area contributed by atoms with Crippen molar-refractivity contribution in [3.8, 4) is 0 Å². The number of rotatable bonds is 9. The van der Waals surface area contributed by atoms with E-state index in [9.17, 15) is 14.0 Å². The number of aryl methyl sites for hydroxylation is 1. The monoisotopic (exact) mass is 441 g/mol. The third kappa shape index (κ3) is 5.13. The van der Waals surface area contributed by atoms with Crippen molar-refractivity contribution < 1.29 is 9.18 Å². The Morgan fingerprint density at radius 3 is 2.88 bits per heavy atom. The second kappa shape index (κ2) is 9.90. The first kappa shape index (κ1) is 21.9. The largest absolute Gasteiger partial charge is 0.364 e. The minimum atomic E-state index is -0.391. The molecule has 3 aromatic rings. The molecule has 32 heavy (non-hydrogen) atoms. The molecular formula is C22H28FN7O2. The van der Waals surface area contributed by atoms with E-state index in [-0.39, 0.29) is 30.4 Å². The molecule has 0 radical (unpaired) electrons. The molecule has 1 amide bonds. The summed E-state index contributed by atoms with van der Waals surface area (Å²) >= 11 is 0. The maximum absolute atomic E-state index is 13.7. The van der Waals surface area contributed by atoms with Gasteiger partial charge in [-0.05, 0) is 31.4 Å². The van der Waals surface area contributed by atoms with Gasteiger partial charge < -0.3 is 20.9 Å². The maximum atomic E-state index is 13.7. The van der Waals surface area contributed by atoms with Gasteiger partial charge in [0.1, 0.15) is 18.0 Å². The molecule has 0 spiro atoms. The Kier molecular flexibility index (Phi) is 6.79. The average molecular weight is 442 g/mol. The van der Waals surface area contributed by atoms with Crippen molar-refractivity contribution in [3.63, 3.8) is 0 Å². The van der Waals surface area contributed by atoms with Crippen molar-refractivity contribution in [2.24, 2.45) is 0 Å². The first-order chi connectivity index (χ1) is 15.5. The molecule has 0 atom stereocenters. The second-order valence-corrected chi connectivity index (χ2v) is 8.15. The van der Waals surface area contributed by atoms with E-state index in [1.165, 1.54) is 36.4 Å². The number of anilines is 1. The molecule has 1 fully saturated rings. The summed E-state index contributed by atoms with van der Waals surface area (Å²) in [7, 11) is 0. The zero-order valence-electron chi connectivity index (χ0n) is 18.1. The highest BCUT2D eigenvalue weighted by molar-refractivity contribution is 5.78. The van der Waals surface area contributed by atoms with E-state index in [1.807, 2.05) is 0 Å². The number of carbonyl (C=O) groups is 1. The molecule has 1 saturated carbocycles. The Labute approximate surface area is 184 Å². The van der Waals surface area contributed by atoms with Gasteiger partial charge in [-0.1, -0.05) is 12.8 Å². The number of halogens is 1. The number of nitrogens with one attached hydrogen (secondary N) is 4. The van der Waals surface area contributed by atoms with Gasteiger partial charge in [0.15, 0.2) is 5.82 Å². The lowest BCUT2D eigenvalue weighted by Crippen LogP contribution is -2.36. The fourth-order valence-electron chi connectivity index (χ4n) is 3.99. The molecule has 10 heteroatoms. The number of fused-ring (bicyclic) bond motifs is 1. The van der Waals surface area contributed by atoms with Crippen LogP contribution in [0.25, 0.3) is 11.0 Å².